The Hall–Kier alpha value is -2.04. The number of hydrogen-bond acceptors (Lipinski definition) is 3. The van der Waals surface area contributed by atoms with Gasteiger partial charge in [0.25, 0.3) is 5.91 Å². The number of carbonyl (C=O) groups is 2. The van der Waals surface area contributed by atoms with Gasteiger partial charge in [-0.1, -0.05) is 13.8 Å². The van der Waals surface area contributed by atoms with Crippen molar-refractivity contribution in [1.29, 1.82) is 0 Å². The molecule has 0 N–H and O–H groups in total. The molecule has 1 aromatic carbocycles. The van der Waals surface area contributed by atoms with E-state index in [9.17, 15) is 9.59 Å². The van der Waals surface area contributed by atoms with Crippen molar-refractivity contribution >= 4 is 11.8 Å². The molecule has 0 saturated carbocycles. The molecule has 1 aliphatic heterocycles. The molecule has 1 aromatic rings. The Bertz CT molecular complexity index is 520. The molecule has 1 heterocycles. The van der Waals surface area contributed by atoms with Crippen LogP contribution in [0.25, 0.3) is 0 Å². The first-order valence-electron chi connectivity index (χ1n) is 8.45. The van der Waals surface area contributed by atoms with Gasteiger partial charge in [-0.25, -0.2) is 0 Å². The minimum atomic E-state index is 0.0228. The maximum Gasteiger partial charge on any atom is 0.253 e. The zero-order chi connectivity index (χ0) is 16.7. The van der Waals surface area contributed by atoms with Crippen LogP contribution in [-0.4, -0.2) is 54.4 Å². The molecule has 0 unspecified atom stereocenters. The number of hydrogen-bond donors (Lipinski definition) is 0. The molecule has 1 aliphatic rings. The van der Waals surface area contributed by atoms with E-state index in [1.807, 2.05) is 41.0 Å². The van der Waals surface area contributed by atoms with Gasteiger partial charge in [-0.2, -0.15) is 0 Å². The summed E-state index contributed by atoms with van der Waals surface area (Å²) in [5.41, 5.74) is 0.669. The molecule has 2 amide bonds. The summed E-state index contributed by atoms with van der Waals surface area (Å²) in [4.78, 5) is 28.1. The van der Waals surface area contributed by atoms with Crippen molar-refractivity contribution in [3.63, 3.8) is 0 Å². The highest BCUT2D eigenvalue weighted by molar-refractivity contribution is 5.94. The van der Waals surface area contributed by atoms with Crippen LogP contribution in [0.15, 0.2) is 24.3 Å². The highest BCUT2D eigenvalue weighted by Crippen LogP contribution is 2.15. The number of benzene rings is 1. The van der Waals surface area contributed by atoms with Crippen LogP contribution >= 0.6 is 0 Å². The van der Waals surface area contributed by atoms with E-state index >= 15 is 0 Å². The molecule has 0 bridgehead atoms. The first-order chi connectivity index (χ1) is 11.2. The fraction of sp³-hybridized carbons (Fsp3) is 0.556. The van der Waals surface area contributed by atoms with Gasteiger partial charge in [0.1, 0.15) is 5.75 Å². The lowest BCUT2D eigenvalue weighted by Crippen LogP contribution is -2.50. The van der Waals surface area contributed by atoms with Crippen LogP contribution in [0.1, 0.15) is 43.5 Å². The van der Waals surface area contributed by atoms with Gasteiger partial charge < -0.3 is 14.5 Å². The summed E-state index contributed by atoms with van der Waals surface area (Å²) in [6.45, 7) is 7.20. The first kappa shape index (κ1) is 17.3. The molecule has 5 heteroatoms. The number of carbonyl (C=O) groups excluding carboxylic acids is 2. The molecule has 0 atom stereocenters. The van der Waals surface area contributed by atoms with Gasteiger partial charge in [-0.15, -0.1) is 0 Å². The fourth-order valence-electron chi connectivity index (χ4n) is 2.63. The molecule has 1 saturated heterocycles. The zero-order valence-electron chi connectivity index (χ0n) is 14.1. The van der Waals surface area contributed by atoms with Crippen molar-refractivity contribution in [2.24, 2.45) is 0 Å². The fourth-order valence-corrected chi connectivity index (χ4v) is 2.63. The molecule has 2 rings (SSSR count). The minimum absolute atomic E-state index is 0.0228. The van der Waals surface area contributed by atoms with Gasteiger partial charge in [0, 0.05) is 38.2 Å². The molecular formula is C18H26N2O3. The number of amides is 2. The SMILES string of the molecule is CCCOc1ccc(C(=O)N2CCN(C(=O)CCC)CC2)cc1. The van der Waals surface area contributed by atoms with E-state index in [-0.39, 0.29) is 11.8 Å². The highest BCUT2D eigenvalue weighted by Gasteiger charge is 2.24. The Kier molecular flexibility index (Phi) is 6.44. The average Bonchev–Trinajstić information content (AvgIpc) is 2.60. The van der Waals surface area contributed by atoms with Crippen LogP contribution in [0.4, 0.5) is 0 Å². The third-order valence-corrected chi connectivity index (χ3v) is 3.96. The van der Waals surface area contributed by atoms with E-state index in [2.05, 4.69) is 6.92 Å². The standard InChI is InChI=1S/C18H26N2O3/c1-3-5-17(21)19-10-12-20(13-11-19)18(22)15-6-8-16(9-7-15)23-14-4-2/h6-9H,3-5,10-14H2,1-2H3. The van der Waals surface area contributed by atoms with Gasteiger partial charge in [0.05, 0.1) is 6.61 Å². The Labute approximate surface area is 138 Å². The summed E-state index contributed by atoms with van der Waals surface area (Å²) in [5.74, 6) is 1.00. The number of nitrogens with zero attached hydrogens (tertiary/aromatic N) is 2. The van der Waals surface area contributed by atoms with Crippen LogP contribution in [-0.2, 0) is 4.79 Å². The van der Waals surface area contributed by atoms with Crippen molar-refractivity contribution < 1.29 is 14.3 Å². The van der Waals surface area contributed by atoms with Gasteiger partial charge in [-0.3, -0.25) is 9.59 Å². The highest BCUT2D eigenvalue weighted by atomic mass is 16.5. The van der Waals surface area contributed by atoms with Gasteiger partial charge >= 0.3 is 0 Å². The van der Waals surface area contributed by atoms with Crippen molar-refractivity contribution in [3.05, 3.63) is 29.8 Å². The molecule has 1 fully saturated rings. The Morgan fingerprint density at radius 2 is 1.57 bits per heavy atom. The van der Waals surface area contributed by atoms with E-state index in [0.717, 1.165) is 18.6 Å². The molecule has 126 valence electrons. The summed E-state index contributed by atoms with van der Waals surface area (Å²) in [6, 6.07) is 7.29. The number of rotatable bonds is 6. The Morgan fingerprint density at radius 1 is 0.957 bits per heavy atom. The van der Waals surface area contributed by atoms with Crippen LogP contribution in [0, 0.1) is 0 Å². The lowest BCUT2D eigenvalue weighted by Gasteiger charge is -2.34. The maximum atomic E-state index is 12.5. The second-order valence-electron chi connectivity index (χ2n) is 5.80. The van der Waals surface area contributed by atoms with E-state index in [1.54, 1.807) is 0 Å². The molecule has 0 radical (unpaired) electrons. The molecule has 0 spiro atoms. The van der Waals surface area contributed by atoms with Gasteiger partial charge in [-0.05, 0) is 37.1 Å². The maximum absolute atomic E-state index is 12.5. The Balaban J connectivity index is 1.88. The quantitative estimate of drug-likeness (QED) is 0.810. The summed E-state index contributed by atoms with van der Waals surface area (Å²) in [5, 5.41) is 0. The lowest BCUT2D eigenvalue weighted by atomic mass is 10.1. The van der Waals surface area contributed by atoms with Gasteiger partial charge in [0.2, 0.25) is 5.91 Å². The van der Waals surface area contributed by atoms with E-state index < -0.39 is 0 Å². The van der Waals surface area contributed by atoms with Crippen LogP contribution < -0.4 is 4.74 Å². The van der Waals surface area contributed by atoms with E-state index in [4.69, 9.17) is 4.74 Å². The molecule has 0 aromatic heterocycles. The van der Waals surface area contributed by atoms with Crippen molar-refractivity contribution in [3.8, 4) is 5.75 Å². The van der Waals surface area contributed by atoms with E-state index in [1.165, 1.54) is 0 Å². The predicted octanol–water partition coefficient (Wildman–Crippen LogP) is 2.56. The summed E-state index contributed by atoms with van der Waals surface area (Å²) < 4.78 is 5.53. The lowest BCUT2D eigenvalue weighted by molar-refractivity contribution is -0.132. The summed E-state index contributed by atoms with van der Waals surface area (Å²) in [7, 11) is 0. The normalized spacial score (nSPS) is 14.7. The summed E-state index contributed by atoms with van der Waals surface area (Å²) >= 11 is 0. The molecule has 23 heavy (non-hydrogen) atoms. The minimum Gasteiger partial charge on any atom is -0.494 e. The van der Waals surface area contributed by atoms with Crippen molar-refractivity contribution in [1.82, 2.24) is 9.80 Å². The smallest absolute Gasteiger partial charge is 0.253 e. The summed E-state index contributed by atoms with van der Waals surface area (Å²) in [6.07, 6.45) is 2.42. The van der Waals surface area contributed by atoms with Crippen molar-refractivity contribution in [2.75, 3.05) is 32.8 Å². The average molecular weight is 318 g/mol. The largest absolute Gasteiger partial charge is 0.494 e. The monoisotopic (exact) mass is 318 g/mol. The van der Waals surface area contributed by atoms with Crippen molar-refractivity contribution in [2.45, 2.75) is 33.1 Å². The number of ether oxygens (including phenoxy) is 1. The second kappa shape index (κ2) is 8.56. The first-order valence-corrected chi connectivity index (χ1v) is 8.45. The second-order valence-corrected chi connectivity index (χ2v) is 5.80. The predicted molar refractivity (Wildman–Crippen MR) is 89.6 cm³/mol. The molecule has 0 aliphatic carbocycles. The molecular weight excluding hydrogens is 292 g/mol. The number of piperazine rings is 1. The van der Waals surface area contributed by atoms with Gasteiger partial charge in [0.15, 0.2) is 0 Å². The topological polar surface area (TPSA) is 49.9 Å². The van der Waals surface area contributed by atoms with Crippen LogP contribution in [0.3, 0.4) is 0 Å². The van der Waals surface area contributed by atoms with Crippen LogP contribution in [0.5, 0.6) is 5.75 Å². The van der Waals surface area contributed by atoms with E-state index in [0.29, 0.717) is 44.8 Å². The third kappa shape index (κ3) is 4.71. The Morgan fingerprint density at radius 3 is 2.13 bits per heavy atom. The zero-order valence-corrected chi connectivity index (χ0v) is 14.1. The third-order valence-electron chi connectivity index (χ3n) is 3.96. The molecule has 5 nitrogen and oxygen atoms in total. The van der Waals surface area contributed by atoms with Crippen LogP contribution in [0.2, 0.25) is 0 Å².